The number of carbonyl (C=O) groups is 1. The molecule has 0 atom stereocenters. The first-order valence-corrected chi connectivity index (χ1v) is 8.17. The SMILES string of the molecule is CCc1cc2c(=O)n(CCC(C)=O)c(SC)nc2s1. The van der Waals surface area contributed by atoms with Gasteiger partial charge < -0.3 is 0 Å². The van der Waals surface area contributed by atoms with Gasteiger partial charge in [-0.15, -0.1) is 11.3 Å². The Labute approximate surface area is 119 Å². The van der Waals surface area contributed by atoms with Gasteiger partial charge in [0.15, 0.2) is 5.16 Å². The average Bonchev–Trinajstić information content (AvgIpc) is 2.80. The Balaban J connectivity index is 2.57. The molecule has 0 aliphatic rings. The molecule has 2 aromatic rings. The van der Waals surface area contributed by atoms with Crippen molar-refractivity contribution >= 4 is 39.1 Å². The van der Waals surface area contributed by atoms with Gasteiger partial charge in [0.25, 0.3) is 5.56 Å². The first-order chi connectivity index (χ1) is 9.06. The molecular formula is C13H16N2O2S2. The first-order valence-electron chi connectivity index (χ1n) is 6.13. The highest BCUT2D eigenvalue weighted by molar-refractivity contribution is 7.98. The Morgan fingerprint density at radius 3 is 2.84 bits per heavy atom. The van der Waals surface area contributed by atoms with Crippen molar-refractivity contribution in [2.75, 3.05) is 6.26 Å². The van der Waals surface area contributed by atoms with Crippen molar-refractivity contribution in [3.8, 4) is 0 Å². The molecule has 19 heavy (non-hydrogen) atoms. The van der Waals surface area contributed by atoms with E-state index in [2.05, 4.69) is 11.9 Å². The minimum absolute atomic E-state index is 0.0356. The molecule has 0 radical (unpaired) electrons. The number of carbonyl (C=O) groups excluding carboxylic acids is 1. The van der Waals surface area contributed by atoms with E-state index >= 15 is 0 Å². The van der Waals surface area contributed by atoms with Crippen LogP contribution in [0.25, 0.3) is 10.2 Å². The lowest BCUT2D eigenvalue weighted by molar-refractivity contribution is -0.117. The number of fused-ring (bicyclic) bond motifs is 1. The lowest BCUT2D eigenvalue weighted by atomic mass is 10.3. The normalized spacial score (nSPS) is 11.1. The molecule has 0 bridgehead atoms. The molecule has 2 rings (SSSR count). The summed E-state index contributed by atoms with van der Waals surface area (Å²) in [6.45, 7) is 4.01. The van der Waals surface area contributed by atoms with Gasteiger partial charge in [0.1, 0.15) is 10.6 Å². The topological polar surface area (TPSA) is 52.0 Å². The molecule has 0 saturated carbocycles. The monoisotopic (exact) mass is 296 g/mol. The zero-order valence-corrected chi connectivity index (χ0v) is 12.9. The molecule has 0 amide bonds. The van der Waals surface area contributed by atoms with Gasteiger partial charge in [-0.3, -0.25) is 14.2 Å². The van der Waals surface area contributed by atoms with Crippen molar-refractivity contribution < 1.29 is 4.79 Å². The molecular weight excluding hydrogens is 280 g/mol. The number of Topliss-reactive ketones (excluding diaryl/α,β-unsaturated/α-hetero) is 1. The summed E-state index contributed by atoms with van der Waals surface area (Å²) in [6, 6.07) is 1.92. The number of rotatable bonds is 5. The number of aryl methyl sites for hydroxylation is 1. The van der Waals surface area contributed by atoms with Gasteiger partial charge in [0.2, 0.25) is 0 Å². The zero-order valence-electron chi connectivity index (χ0n) is 11.2. The Kier molecular flexibility index (Phi) is 4.42. The number of aromatic nitrogens is 2. The number of ketones is 1. The van der Waals surface area contributed by atoms with E-state index in [0.717, 1.165) is 16.1 Å². The minimum atomic E-state index is -0.0356. The summed E-state index contributed by atoms with van der Waals surface area (Å²) < 4.78 is 1.61. The maximum Gasteiger partial charge on any atom is 0.262 e. The second-order valence-electron chi connectivity index (χ2n) is 4.29. The highest BCUT2D eigenvalue weighted by Gasteiger charge is 2.13. The second-order valence-corrected chi connectivity index (χ2v) is 6.18. The van der Waals surface area contributed by atoms with Crippen molar-refractivity contribution in [2.24, 2.45) is 0 Å². The number of nitrogens with zero attached hydrogens (tertiary/aromatic N) is 2. The predicted octanol–water partition coefficient (Wildman–Crippen LogP) is 2.72. The molecule has 2 aromatic heterocycles. The molecule has 0 fully saturated rings. The van der Waals surface area contributed by atoms with E-state index < -0.39 is 0 Å². The lowest BCUT2D eigenvalue weighted by Crippen LogP contribution is -2.23. The van der Waals surface area contributed by atoms with Crippen LogP contribution in [0.3, 0.4) is 0 Å². The summed E-state index contributed by atoms with van der Waals surface area (Å²) >= 11 is 3.01. The van der Waals surface area contributed by atoms with Gasteiger partial charge in [0.05, 0.1) is 5.39 Å². The lowest BCUT2D eigenvalue weighted by Gasteiger charge is -2.09. The third-order valence-corrected chi connectivity index (χ3v) is 4.74. The van der Waals surface area contributed by atoms with Crippen LogP contribution >= 0.6 is 23.1 Å². The maximum atomic E-state index is 12.5. The molecule has 0 aliphatic heterocycles. The van der Waals surface area contributed by atoms with Gasteiger partial charge in [0, 0.05) is 17.8 Å². The van der Waals surface area contributed by atoms with Gasteiger partial charge >= 0.3 is 0 Å². The molecule has 4 nitrogen and oxygen atoms in total. The smallest absolute Gasteiger partial charge is 0.262 e. The summed E-state index contributed by atoms with van der Waals surface area (Å²) in [5.41, 5.74) is -0.0356. The second kappa shape index (κ2) is 5.88. The summed E-state index contributed by atoms with van der Waals surface area (Å²) in [6.07, 6.45) is 3.17. The average molecular weight is 296 g/mol. The molecule has 0 aromatic carbocycles. The van der Waals surface area contributed by atoms with E-state index in [1.54, 1.807) is 15.9 Å². The number of hydrogen-bond acceptors (Lipinski definition) is 5. The van der Waals surface area contributed by atoms with Crippen molar-refractivity contribution in [1.82, 2.24) is 9.55 Å². The van der Waals surface area contributed by atoms with Crippen molar-refractivity contribution in [3.63, 3.8) is 0 Å². The maximum absolute atomic E-state index is 12.5. The predicted molar refractivity (Wildman–Crippen MR) is 80.3 cm³/mol. The van der Waals surface area contributed by atoms with Crippen LogP contribution < -0.4 is 5.56 Å². The van der Waals surface area contributed by atoms with E-state index in [-0.39, 0.29) is 11.3 Å². The van der Waals surface area contributed by atoms with Crippen LogP contribution in [0.2, 0.25) is 0 Å². The Morgan fingerprint density at radius 1 is 1.53 bits per heavy atom. The van der Waals surface area contributed by atoms with Crippen LogP contribution in [-0.2, 0) is 17.8 Å². The van der Waals surface area contributed by atoms with Crippen LogP contribution in [0.15, 0.2) is 16.0 Å². The summed E-state index contributed by atoms with van der Waals surface area (Å²) in [5.74, 6) is 0.0821. The highest BCUT2D eigenvalue weighted by atomic mass is 32.2. The van der Waals surface area contributed by atoms with E-state index in [4.69, 9.17) is 0 Å². The van der Waals surface area contributed by atoms with E-state index in [0.29, 0.717) is 23.5 Å². The van der Waals surface area contributed by atoms with Gasteiger partial charge in [-0.05, 0) is 25.7 Å². The quantitative estimate of drug-likeness (QED) is 0.629. The molecule has 6 heteroatoms. The molecule has 0 aliphatic carbocycles. The van der Waals surface area contributed by atoms with Crippen molar-refractivity contribution in [2.45, 2.75) is 38.4 Å². The number of thiophene rings is 1. The summed E-state index contributed by atoms with van der Waals surface area (Å²) in [7, 11) is 0. The van der Waals surface area contributed by atoms with E-state index in [1.165, 1.54) is 18.7 Å². The Morgan fingerprint density at radius 2 is 2.26 bits per heavy atom. The van der Waals surface area contributed by atoms with Crippen LogP contribution in [0.4, 0.5) is 0 Å². The number of hydrogen-bond donors (Lipinski definition) is 0. The largest absolute Gasteiger partial charge is 0.300 e. The summed E-state index contributed by atoms with van der Waals surface area (Å²) in [4.78, 5) is 30.1. The van der Waals surface area contributed by atoms with E-state index in [9.17, 15) is 9.59 Å². The van der Waals surface area contributed by atoms with Crippen molar-refractivity contribution in [1.29, 1.82) is 0 Å². The molecule has 2 heterocycles. The minimum Gasteiger partial charge on any atom is -0.300 e. The fourth-order valence-corrected chi connectivity index (χ4v) is 3.44. The third-order valence-electron chi connectivity index (χ3n) is 2.89. The van der Waals surface area contributed by atoms with Crippen molar-refractivity contribution in [3.05, 3.63) is 21.3 Å². The molecule has 102 valence electrons. The van der Waals surface area contributed by atoms with Crippen LogP contribution in [0.5, 0.6) is 0 Å². The number of thioether (sulfide) groups is 1. The molecule has 0 spiro atoms. The third kappa shape index (κ3) is 2.90. The standard InChI is InChI=1S/C13H16N2O2S2/c1-4-9-7-10-11(19-9)14-13(18-3)15(12(10)17)6-5-8(2)16/h7H,4-6H2,1-3H3. The van der Waals surface area contributed by atoms with Gasteiger partial charge in [-0.25, -0.2) is 4.98 Å². The summed E-state index contributed by atoms with van der Waals surface area (Å²) in [5, 5.41) is 1.35. The highest BCUT2D eigenvalue weighted by Crippen LogP contribution is 2.24. The molecule has 0 unspecified atom stereocenters. The fourth-order valence-electron chi connectivity index (χ4n) is 1.84. The van der Waals surface area contributed by atoms with Gasteiger partial charge in [-0.1, -0.05) is 18.7 Å². The van der Waals surface area contributed by atoms with Gasteiger partial charge in [-0.2, -0.15) is 0 Å². The Bertz CT molecular complexity index is 673. The first kappa shape index (κ1) is 14.3. The van der Waals surface area contributed by atoms with E-state index in [1.807, 2.05) is 12.3 Å². The Hall–Kier alpha value is -1.14. The fraction of sp³-hybridized carbons (Fsp3) is 0.462. The van der Waals surface area contributed by atoms with Crippen LogP contribution in [0.1, 0.15) is 25.1 Å². The molecule has 0 N–H and O–H groups in total. The zero-order chi connectivity index (χ0) is 14.0. The van der Waals surface area contributed by atoms with Crippen LogP contribution in [0, 0.1) is 0 Å². The molecule has 0 saturated heterocycles. The van der Waals surface area contributed by atoms with Crippen LogP contribution in [-0.4, -0.2) is 21.6 Å².